The third-order valence-electron chi connectivity index (χ3n) is 2.33. The van der Waals surface area contributed by atoms with Gasteiger partial charge in [-0.1, -0.05) is 12.1 Å². The number of nitrogen functional groups attached to an aromatic ring is 1. The number of esters is 1. The molecule has 5 nitrogen and oxygen atoms in total. The van der Waals surface area contributed by atoms with Gasteiger partial charge in [-0.15, -0.1) is 0 Å². The monoisotopic (exact) mass is 322 g/mol. The Labute approximate surface area is 118 Å². The Hall–Kier alpha value is -2.08. The van der Waals surface area contributed by atoms with Crippen molar-refractivity contribution in [2.45, 2.75) is 0 Å². The van der Waals surface area contributed by atoms with Crippen LogP contribution in [-0.2, 0) is 4.74 Å². The molecule has 0 aliphatic heterocycles. The molecule has 0 atom stereocenters. The van der Waals surface area contributed by atoms with Crippen LogP contribution >= 0.6 is 15.9 Å². The maximum absolute atomic E-state index is 11.4. The normalized spacial score (nSPS) is 10.0. The van der Waals surface area contributed by atoms with Gasteiger partial charge in [-0.2, -0.15) is 0 Å². The number of aromatic nitrogens is 1. The van der Waals surface area contributed by atoms with E-state index in [4.69, 9.17) is 10.5 Å². The summed E-state index contributed by atoms with van der Waals surface area (Å²) in [4.78, 5) is 15.4. The number of pyridine rings is 1. The lowest BCUT2D eigenvalue weighted by Crippen LogP contribution is -2.06. The minimum atomic E-state index is -0.544. The van der Waals surface area contributed by atoms with Gasteiger partial charge in [0.1, 0.15) is 5.75 Å². The quantitative estimate of drug-likeness (QED) is 0.879. The summed E-state index contributed by atoms with van der Waals surface area (Å²) in [6.45, 7) is 0. The van der Waals surface area contributed by atoms with Crippen molar-refractivity contribution in [2.24, 2.45) is 0 Å². The van der Waals surface area contributed by atoms with Crippen LogP contribution in [0.5, 0.6) is 11.6 Å². The van der Waals surface area contributed by atoms with Crippen LogP contribution in [0.25, 0.3) is 0 Å². The third-order valence-corrected chi connectivity index (χ3v) is 2.98. The molecule has 2 aromatic rings. The van der Waals surface area contributed by atoms with Gasteiger partial charge in [0, 0.05) is 0 Å². The number of carbonyl (C=O) groups excluding carboxylic acids is 1. The summed E-state index contributed by atoms with van der Waals surface area (Å²) in [6.07, 6.45) is 0. The van der Waals surface area contributed by atoms with Crippen molar-refractivity contribution in [3.05, 3.63) is 46.6 Å². The number of benzene rings is 1. The molecule has 2 rings (SSSR count). The number of nitrogens with zero attached hydrogens (tertiary/aromatic N) is 1. The van der Waals surface area contributed by atoms with Crippen LogP contribution in [0.2, 0.25) is 0 Å². The first-order chi connectivity index (χ1) is 9.11. The topological polar surface area (TPSA) is 74.4 Å². The molecule has 0 saturated carbocycles. The lowest BCUT2D eigenvalue weighted by atomic mass is 10.3. The molecule has 0 amide bonds. The fraction of sp³-hybridized carbons (Fsp3) is 0.0769. The fourth-order valence-electron chi connectivity index (χ4n) is 1.38. The molecule has 0 aliphatic carbocycles. The second-order valence-electron chi connectivity index (χ2n) is 3.61. The molecular formula is C13H11BrN2O3. The molecule has 0 radical (unpaired) electrons. The number of hydrogen-bond acceptors (Lipinski definition) is 5. The molecule has 6 heteroatoms. The highest BCUT2D eigenvalue weighted by Gasteiger charge is 2.12. The van der Waals surface area contributed by atoms with Crippen molar-refractivity contribution in [1.29, 1.82) is 0 Å². The van der Waals surface area contributed by atoms with Gasteiger partial charge < -0.3 is 15.2 Å². The van der Waals surface area contributed by atoms with Crippen molar-refractivity contribution in [1.82, 2.24) is 4.98 Å². The van der Waals surface area contributed by atoms with Crippen molar-refractivity contribution < 1.29 is 14.3 Å². The predicted octanol–water partition coefficient (Wildman–Crippen LogP) is 3.01. The van der Waals surface area contributed by atoms with Crippen LogP contribution in [0.15, 0.2) is 40.9 Å². The smallest absolute Gasteiger partial charge is 0.356 e. The summed E-state index contributed by atoms with van der Waals surface area (Å²) in [7, 11) is 1.29. The van der Waals surface area contributed by atoms with Crippen LogP contribution in [0.4, 0.5) is 5.69 Å². The number of carbonyl (C=O) groups is 1. The van der Waals surface area contributed by atoms with Crippen LogP contribution in [-0.4, -0.2) is 18.1 Å². The second kappa shape index (κ2) is 5.71. The highest BCUT2D eigenvalue weighted by Crippen LogP contribution is 2.31. The Morgan fingerprint density at radius 1 is 1.26 bits per heavy atom. The van der Waals surface area contributed by atoms with Crippen LogP contribution in [0.3, 0.4) is 0 Å². The van der Waals surface area contributed by atoms with Gasteiger partial charge >= 0.3 is 5.97 Å². The fourth-order valence-corrected chi connectivity index (χ4v) is 1.75. The molecule has 0 saturated heterocycles. The Kier molecular flexibility index (Phi) is 4.01. The molecule has 0 unspecified atom stereocenters. The molecule has 0 fully saturated rings. The van der Waals surface area contributed by atoms with Crippen LogP contribution < -0.4 is 10.5 Å². The SMILES string of the molecule is COC(=O)c1ccc(N)c(Oc2ccccc2Br)n1. The Morgan fingerprint density at radius 2 is 2.00 bits per heavy atom. The van der Waals surface area contributed by atoms with E-state index in [0.717, 1.165) is 4.47 Å². The highest BCUT2D eigenvalue weighted by atomic mass is 79.9. The van der Waals surface area contributed by atoms with Crippen molar-refractivity contribution in [2.75, 3.05) is 12.8 Å². The van der Waals surface area contributed by atoms with Gasteiger partial charge in [-0.3, -0.25) is 0 Å². The average Bonchev–Trinajstić information content (AvgIpc) is 2.42. The Morgan fingerprint density at radius 3 is 2.68 bits per heavy atom. The molecule has 98 valence electrons. The van der Waals surface area contributed by atoms with E-state index in [9.17, 15) is 4.79 Å². The van der Waals surface area contributed by atoms with E-state index < -0.39 is 5.97 Å². The molecule has 1 aromatic carbocycles. The molecule has 1 heterocycles. The van der Waals surface area contributed by atoms with E-state index in [1.54, 1.807) is 12.1 Å². The number of methoxy groups -OCH3 is 1. The summed E-state index contributed by atoms with van der Waals surface area (Å²) in [5.41, 5.74) is 6.25. The maximum Gasteiger partial charge on any atom is 0.356 e. The van der Waals surface area contributed by atoms with Crippen molar-refractivity contribution >= 4 is 27.6 Å². The lowest BCUT2D eigenvalue weighted by molar-refractivity contribution is 0.0593. The number of ether oxygens (including phenoxy) is 2. The summed E-state index contributed by atoms with van der Waals surface area (Å²) in [5, 5.41) is 0. The minimum absolute atomic E-state index is 0.138. The van der Waals surface area contributed by atoms with Gasteiger partial charge in [-0.05, 0) is 40.2 Å². The van der Waals surface area contributed by atoms with Gasteiger partial charge in [-0.25, -0.2) is 9.78 Å². The lowest BCUT2D eigenvalue weighted by Gasteiger charge is -2.09. The predicted molar refractivity (Wildman–Crippen MR) is 74.2 cm³/mol. The standard InChI is InChI=1S/C13H11BrN2O3/c1-18-13(17)10-7-6-9(15)12(16-10)19-11-5-3-2-4-8(11)14/h2-7H,15H2,1H3. The van der Waals surface area contributed by atoms with Crippen molar-refractivity contribution in [3.8, 4) is 11.6 Å². The molecule has 2 N–H and O–H groups in total. The van der Waals surface area contributed by atoms with Gasteiger partial charge in [0.2, 0.25) is 5.88 Å². The minimum Gasteiger partial charge on any atom is -0.464 e. The average molecular weight is 323 g/mol. The zero-order valence-electron chi connectivity index (χ0n) is 10.1. The number of para-hydroxylation sites is 1. The molecule has 0 aliphatic rings. The first-order valence-electron chi connectivity index (χ1n) is 5.39. The Balaban J connectivity index is 2.34. The van der Waals surface area contributed by atoms with E-state index in [0.29, 0.717) is 11.4 Å². The Bertz CT molecular complexity index is 617. The molecular weight excluding hydrogens is 312 g/mol. The highest BCUT2D eigenvalue weighted by molar-refractivity contribution is 9.10. The van der Waals surface area contributed by atoms with Crippen molar-refractivity contribution in [3.63, 3.8) is 0 Å². The molecule has 0 spiro atoms. The molecule has 1 aromatic heterocycles. The summed E-state index contributed by atoms with van der Waals surface area (Å²) < 4.78 is 10.9. The number of nitrogens with two attached hydrogens (primary N) is 1. The second-order valence-corrected chi connectivity index (χ2v) is 4.47. The summed E-state index contributed by atoms with van der Waals surface area (Å²) >= 11 is 3.35. The first kappa shape index (κ1) is 13.4. The third kappa shape index (κ3) is 3.03. The number of hydrogen-bond donors (Lipinski definition) is 1. The zero-order chi connectivity index (χ0) is 13.8. The number of rotatable bonds is 3. The van der Waals surface area contributed by atoms with E-state index in [-0.39, 0.29) is 11.6 Å². The largest absolute Gasteiger partial charge is 0.464 e. The van der Waals surface area contributed by atoms with Crippen LogP contribution in [0.1, 0.15) is 10.5 Å². The van der Waals surface area contributed by atoms with Crippen LogP contribution in [0, 0.1) is 0 Å². The summed E-state index contributed by atoms with van der Waals surface area (Å²) in [5.74, 6) is 0.176. The molecule has 0 bridgehead atoms. The van der Waals surface area contributed by atoms with E-state index in [1.165, 1.54) is 13.2 Å². The summed E-state index contributed by atoms with van der Waals surface area (Å²) in [6, 6.07) is 10.3. The van der Waals surface area contributed by atoms with Gasteiger partial charge in [0.15, 0.2) is 5.69 Å². The van der Waals surface area contributed by atoms with Gasteiger partial charge in [0.25, 0.3) is 0 Å². The van der Waals surface area contributed by atoms with E-state index >= 15 is 0 Å². The first-order valence-corrected chi connectivity index (χ1v) is 6.18. The molecule has 19 heavy (non-hydrogen) atoms. The van der Waals surface area contributed by atoms with E-state index in [2.05, 4.69) is 25.7 Å². The van der Waals surface area contributed by atoms with E-state index in [1.807, 2.05) is 18.2 Å². The maximum atomic E-state index is 11.4. The van der Waals surface area contributed by atoms with Gasteiger partial charge in [0.05, 0.1) is 17.3 Å². The number of halogens is 1. The zero-order valence-corrected chi connectivity index (χ0v) is 11.7. The number of anilines is 1.